The van der Waals surface area contributed by atoms with Crippen molar-refractivity contribution in [2.45, 2.75) is 37.8 Å². The molecule has 5 heteroatoms. The van der Waals surface area contributed by atoms with Gasteiger partial charge in [-0.05, 0) is 37.1 Å². The number of hydrogen-bond donors (Lipinski definition) is 3. The summed E-state index contributed by atoms with van der Waals surface area (Å²) >= 11 is 0. The summed E-state index contributed by atoms with van der Waals surface area (Å²) in [6.45, 7) is 0. The van der Waals surface area contributed by atoms with E-state index in [4.69, 9.17) is 0 Å². The van der Waals surface area contributed by atoms with Crippen LogP contribution in [0.1, 0.15) is 46.4 Å². The van der Waals surface area contributed by atoms with Crippen molar-refractivity contribution in [1.29, 1.82) is 0 Å². The lowest BCUT2D eigenvalue weighted by molar-refractivity contribution is 0.0718. The van der Waals surface area contributed by atoms with Crippen LogP contribution in [0.25, 0.3) is 0 Å². The highest BCUT2D eigenvalue weighted by molar-refractivity contribution is 6.09. The first kappa shape index (κ1) is 17.2. The Morgan fingerprint density at radius 3 is 2.32 bits per heavy atom. The molecular formula is C20H22N2O3. The van der Waals surface area contributed by atoms with Gasteiger partial charge in [0.25, 0.3) is 11.8 Å². The number of benzene rings is 2. The van der Waals surface area contributed by atoms with E-state index in [2.05, 4.69) is 10.6 Å². The molecule has 0 saturated heterocycles. The first-order valence-corrected chi connectivity index (χ1v) is 8.59. The van der Waals surface area contributed by atoms with Gasteiger partial charge in [0.05, 0.1) is 23.4 Å². The van der Waals surface area contributed by atoms with Crippen molar-refractivity contribution in [3.63, 3.8) is 0 Å². The first-order valence-electron chi connectivity index (χ1n) is 8.59. The lowest BCUT2D eigenvalue weighted by atomic mass is 9.92. The second-order valence-corrected chi connectivity index (χ2v) is 6.30. The van der Waals surface area contributed by atoms with Crippen molar-refractivity contribution in [3.05, 3.63) is 65.7 Å². The van der Waals surface area contributed by atoms with Crippen LogP contribution in [0.2, 0.25) is 0 Å². The molecule has 3 rings (SSSR count). The molecule has 0 spiro atoms. The molecule has 1 saturated carbocycles. The molecule has 25 heavy (non-hydrogen) atoms. The average molecular weight is 338 g/mol. The van der Waals surface area contributed by atoms with Gasteiger partial charge in [0.15, 0.2) is 0 Å². The highest BCUT2D eigenvalue weighted by Gasteiger charge is 2.25. The summed E-state index contributed by atoms with van der Waals surface area (Å²) in [6.07, 6.45) is 2.94. The SMILES string of the molecule is O=C(Nc1ccccc1C(=O)NC1CCCCC1O)c1ccccc1. The molecule has 2 aromatic carbocycles. The largest absolute Gasteiger partial charge is 0.391 e. The van der Waals surface area contributed by atoms with Crippen molar-refractivity contribution in [2.75, 3.05) is 5.32 Å². The highest BCUT2D eigenvalue weighted by atomic mass is 16.3. The van der Waals surface area contributed by atoms with E-state index in [1.54, 1.807) is 48.5 Å². The predicted molar refractivity (Wildman–Crippen MR) is 96.6 cm³/mol. The van der Waals surface area contributed by atoms with Gasteiger partial charge >= 0.3 is 0 Å². The van der Waals surface area contributed by atoms with Gasteiger partial charge in [-0.15, -0.1) is 0 Å². The van der Waals surface area contributed by atoms with Crippen LogP contribution >= 0.6 is 0 Å². The zero-order valence-corrected chi connectivity index (χ0v) is 13.9. The molecule has 0 aromatic heterocycles. The minimum Gasteiger partial charge on any atom is -0.391 e. The van der Waals surface area contributed by atoms with Gasteiger partial charge in [-0.1, -0.05) is 43.2 Å². The normalized spacial score (nSPS) is 19.9. The van der Waals surface area contributed by atoms with Gasteiger partial charge in [0.1, 0.15) is 0 Å². The molecule has 1 fully saturated rings. The third kappa shape index (κ3) is 4.25. The maximum Gasteiger partial charge on any atom is 0.255 e. The van der Waals surface area contributed by atoms with Crippen molar-refractivity contribution < 1.29 is 14.7 Å². The molecule has 0 radical (unpaired) electrons. The number of anilines is 1. The quantitative estimate of drug-likeness (QED) is 0.802. The number of para-hydroxylation sites is 1. The van der Waals surface area contributed by atoms with Crippen LogP contribution in [0.5, 0.6) is 0 Å². The van der Waals surface area contributed by atoms with Crippen LogP contribution in [-0.4, -0.2) is 29.1 Å². The molecule has 2 atom stereocenters. The Bertz CT molecular complexity index is 746. The molecule has 3 N–H and O–H groups in total. The van der Waals surface area contributed by atoms with E-state index in [1.165, 1.54) is 0 Å². The molecule has 2 aromatic rings. The smallest absolute Gasteiger partial charge is 0.255 e. The molecule has 2 amide bonds. The van der Waals surface area contributed by atoms with E-state index >= 15 is 0 Å². The monoisotopic (exact) mass is 338 g/mol. The fourth-order valence-corrected chi connectivity index (χ4v) is 3.10. The Hall–Kier alpha value is -2.66. The summed E-state index contributed by atoms with van der Waals surface area (Å²) in [5.41, 5.74) is 1.38. The minimum absolute atomic E-state index is 0.237. The minimum atomic E-state index is -0.510. The van der Waals surface area contributed by atoms with Crippen molar-refractivity contribution in [1.82, 2.24) is 5.32 Å². The van der Waals surface area contributed by atoms with Gasteiger partial charge in [0.2, 0.25) is 0 Å². The molecule has 0 bridgehead atoms. The van der Waals surface area contributed by atoms with Crippen LogP contribution in [0.15, 0.2) is 54.6 Å². The number of hydrogen-bond acceptors (Lipinski definition) is 3. The Morgan fingerprint density at radius 1 is 0.880 bits per heavy atom. The molecule has 130 valence electrons. The Labute approximate surface area is 147 Å². The van der Waals surface area contributed by atoms with Crippen LogP contribution in [0.4, 0.5) is 5.69 Å². The third-order valence-electron chi connectivity index (χ3n) is 4.50. The summed E-state index contributed by atoms with van der Waals surface area (Å²) in [4.78, 5) is 25.0. The topological polar surface area (TPSA) is 78.4 Å². The maximum absolute atomic E-state index is 12.6. The third-order valence-corrected chi connectivity index (χ3v) is 4.50. The number of carbonyl (C=O) groups is 2. The Morgan fingerprint density at radius 2 is 1.56 bits per heavy atom. The van der Waals surface area contributed by atoms with Gasteiger partial charge in [-0.3, -0.25) is 9.59 Å². The second-order valence-electron chi connectivity index (χ2n) is 6.30. The number of aliphatic hydroxyl groups is 1. The fraction of sp³-hybridized carbons (Fsp3) is 0.300. The molecule has 2 unspecified atom stereocenters. The average Bonchev–Trinajstić information content (AvgIpc) is 2.64. The molecule has 1 aliphatic rings. The predicted octanol–water partition coefficient (Wildman–Crippen LogP) is 2.97. The molecular weight excluding hydrogens is 316 g/mol. The van der Waals surface area contributed by atoms with Crippen LogP contribution < -0.4 is 10.6 Å². The number of rotatable bonds is 4. The zero-order chi connectivity index (χ0) is 17.6. The number of aliphatic hydroxyl groups excluding tert-OH is 1. The molecule has 0 aliphatic heterocycles. The van der Waals surface area contributed by atoms with E-state index in [9.17, 15) is 14.7 Å². The van der Waals surface area contributed by atoms with E-state index in [0.29, 0.717) is 23.2 Å². The van der Waals surface area contributed by atoms with E-state index in [0.717, 1.165) is 19.3 Å². The lowest BCUT2D eigenvalue weighted by Crippen LogP contribution is -2.45. The van der Waals surface area contributed by atoms with Crippen LogP contribution in [0, 0.1) is 0 Å². The fourth-order valence-electron chi connectivity index (χ4n) is 3.10. The van der Waals surface area contributed by atoms with Gasteiger partial charge < -0.3 is 15.7 Å². The number of amides is 2. The van der Waals surface area contributed by atoms with Gasteiger partial charge in [0, 0.05) is 5.56 Å². The van der Waals surface area contributed by atoms with Gasteiger partial charge in [-0.25, -0.2) is 0 Å². The summed E-state index contributed by atoms with van der Waals surface area (Å²) in [5.74, 6) is -0.548. The van der Waals surface area contributed by atoms with Crippen LogP contribution in [-0.2, 0) is 0 Å². The van der Waals surface area contributed by atoms with Crippen LogP contribution in [0.3, 0.4) is 0 Å². The van der Waals surface area contributed by atoms with Crippen molar-refractivity contribution >= 4 is 17.5 Å². The number of carbonyl (C=O) groups excluding carboxylic acids is 2. The standard InChI is InChI=1S/C20H22N2O3/c23-18-13-7-6-12-17(18)22-20(25)15-10-4-5-11-16(15)21-19(24)14-8-2-1-3-9-14/h1-5,8-11,17-18,23H,6-7,12-13H2,(H,21,24)(H,22,25). The van der Waals surface area contributed by atoms with Crippen molar-refractivity contribution in [2.24, 2.45) is 0 Å². The first-order chi connectivity index (χ1) is 12.1. The molecule has 1 aliphatic carbocycles. The summed E-state index contributed by atoms with van der Waals surface area (Å²) in [6, 6.07) is 15.5. The summed E-state index contributed by atoms with van der Waals surface area (Å²) < 4.78 is 0. The van der Waals surface area contributed by atoms with E-state index < -0.39 is 6.10 Å². The molecule has 0 heterocycles. The van der Waals surface area contributed by atoms with E-state index in [-0.39, 0.29) is 17.9 Å². The summed E-state index contributed by atoms with van der Waals surface area (Å²) in [7, 11) is 0. The van der Waals surface area contributed by atoms with E-state index in [1.807, 2.05) is 6.07 Å². The highest BCUT2D eigenvalue weighted by Crippen LogP contribution is 2.21. The Balaban J connectivity index is 1.74. The zero-order valence-electron chi connectivity index (χ0n) is 13.9. The number of nitrogens with one attached hydrogen (secondary N) is 2. The summed E-state index contributed by atoms with van der Waals surface area (Å²) in [5, 5.41) is 15.7. The molecule has 5 nitrogen and oxygen atoms in total. The second kappa shape index (κ2) is 7.94. The lowest BCUT2D eigenvalue weighted by Gasteiger charge is -2.28. The van der Waals surface area contributed by atoms with Crippen molar-refractivity contribution in [3.8, 4) is 0 Å². The van der Waals surface area contributed by atoms with Gasteiger partial charge in [-0.2, -0.15) is 0 Å². The maximum atomic E-state index is 12.6. The Kier molecular flexibility index (Phi) is 5.46.